The van der Waals surface area contributed by atoms with Crippen molar-refractivity contribution in [2.45, 2.75) is 32.5 Å². The van der Waals surface area contributed by atoms with E-state index in [9.17, 15) is 9.59 Å². The van der Waals surface area contributed by atoms with E-state index in [1.54, 1.807) is 25.5 Å². The normalized spacial score (nSPS) is 24.0. The molecule has 3 rings (SSSR count). The average Bonchev–Trinajstić information content (AvgIpc) is 2.72. The van der Waals surface area contributed by atoms with E-state index in [0.29, 0.717) is 43.5 Å². The second kappa shape index (κ2) is 9.27. The number of Topliss-reactive ketones (excluding diaryl/α,β-unsaturated/α-hetero) is 1. The molecule has 162 valence electrons. The van der Waals surface area contributed by atoms with Gasteiger partial charge in [-0.25, -0.2) is 0 Å². The molecule has 1 amide bonds. The highest BCUT2D eigenvalue weighted by molar-refractivity contribution is 5.97. The molecule has 30 heavy (non-hydrogen) atoms. The minimum absolute atomic E-state index is 0.0239. The first-order valence-corrected chi connectivity index (χ1v) is 10.2. The van der Waals surface area contributed by atoms with Crippen LogP contribution in [0.2, 0.25) is 0 Å². The van der Waals surface area contributed by atoms with E-state index in [4.69, 9.17) is 5.73 Å². The summed E-state index contributed by atoms with van der Waals surface area (Å²) in [7, 11) is 0. The zero-order valence-corrected chi connectivity index (χ0v) is 17.7. The number of ketones is 1. The molecule has 0 radical (unpaired) electrons. The van der Waals surface area contributed by atoms with Gasteiger partial charge in [-0.15, -0.1) is 0 Å². The molecular formula is C21H31N7O2. The fourth-order valence-electron chi connectivity index (χ4n) is 3.79. The van der Waals surface area contributed by atoms with Crippen LogP contribution in [0.15, 0.2) is 48.2 Å². The van der Waals surface area contributed by atoms with Gasteiger partial charge in [-0.05, 0) is 31.1 Å². The Morgan fingerprint density at radius 1 is 1.43 bits per heavy atom. The van der Waals surface area contributed by atoms with Gasteiger partial charge in [-0.3, -0.25) is 19.9 Å². The summed E-state index contributed by atoms with van der Waals surface area (Å²) >= 11 is 0. The zero-order valence-electron chi connectivity index (χ0n) is 17.7. The van der Waals surface area contributed by atoms with Crippen molar-refractivity contribution in [3.63, 3.8) is 0 Å². The van der Waals surface area contributed by atoms with Crippen molar-refractivity contribution >= 4 is 17.4 Å². The Morgan fingerprint density at radius 2 is 2.23 bits per heavy atom. The lowest BCUT2D eigenvalue weighted by molar-refractivity contribution is -0.122. The highest BCUT2D eigenvalue weighted by atomic mass is 16.1. The van der Waals surface area contributed by atoms with Crippen molar-refractivity contribution in [1.82, 2.24) is 25.8 Å². The first-order chi connectivity index (χ1) is 14.3. The lowest BCUT2D eigenvalue weighted by atomic mass is 9.93. The maximum atomic E-state index is 12.8. The van der Waals surface area contributed by atoms with Crippen LogP contribution in [0, 0.1) is 5.92 Å². The second-order valence-corrected chi connectivity index (χ2v) is 8.04. The van der Waals surface area contributed by atoms with Crippen LogP contribution >= 0.6 is 0 Å². The Bertz CT molecular complexity index is 837. The van der Waals surface area contributed by atoms with E-state index in [1.165, 1.54) is 0 Å². The highest BCUT2D eigenvalue weighted by Crippen LogP contribution is 2.29. The number of pyridine rings is 1. The molecule has 9 heteroatoms. The average molecular weight is 414 g/mol. The predicted molar refractivity (Wildman–Crippen MR) is 116 cm³/mol. The maximum absolute atomic E-state index is 12.8. The van der Waals surface area contributed by atoms with Gasteiger partial charge in [0.1, 0.15) is 23.1 Å². The van der Waals surface area contributed by atoms with Crippen LogP contribution in [-0.4, -0.2) is 59.5 Å². The van der Waals surface area contributed by atoms with Crippen LogP contribution in [0.1, 0.15) is 20.8 Å². The third kappa shape index (κ3) is 4.63. The first kappa shape index (κ1) is 21.8. The Balaban J connectivity index is 2.10. The van der Waals surface area contributed by atoms with E-state index in [2.05, 4.69) is 40.1 Å². The molecule has 2 aliphatic rings. The summed E-state index contributed by atoms with van der Waals surface area (Å²) in [6, 6.07) is 3.31. The van der Waals surface area contributed by atoms with Gasteiger partial charge in [0.05, 0.1) is 5.69 Å². The number of primary amides is 1. The van der Waals surface area contributed by atoms with Gasteiger partial charge >= 0.3 is 0 Å². The minimum Gasteiger partial charge on any atom is -0.366 e. The number of nitrogens with one attached hydrogen (secondary N) is 4. The van der Waals surface area contributed by atoms with Gasteiger partial charge in [0.25, 0.3) is 5.91 Å². The summed E-state index contributed by atoms with van der Waals surface area (Å²) in [5, 5.41) is 13.3. The molecule has 1 fully saturated rings. The van der Waals surface area contributed by atoms with Crippen LogP contribution in [0.25, 0.3) is 0 Å². The SMILES string of the molecule is CC(=O)C1CNCCN1C1=C(C(N)=O)C(NCC(C)C)(Nc2cccnc2)C=CN1. The molecule has 9 nitrogen and oxygen atoms in total. The molecule has 0 bridgehead atoms. The molecule has 2 aliphatic heterocycles. The fraction of sp³-hybridized carbons (Fsp3) is 0.476. The largest absolute Gasteiger partial charge is 0.366 e. The summed E-state index contributed by atoms with van der Waals surface area (Å²) in [4.78, 5) is 31.2. The fourth-order valence-corrected chi connectivity index (χ4v) is 3.79. The number of hydrogen-bond donors (Lipinski definition) is 5. The number of amides is 1. The predicted octanol–water partition coefficient (Wildman–Crippen LogP) is 0.112. The Morgan fingerprint density at radius 3 is 2.87 bits per heavy atom. The number of rotatable bonds is 8. The van der Waals surface area contributed by atoms with Gasteiger partial charge in [0, 0.05) is 44.8 Å². The lowest BCUT2D eigenvalue weighted by Gasteiger charge is -2.44. The number of piperazine rings is 1. The summed E-state index contributed by atoms with van der Waals surface area (Å²) in [6.45, 7) is 8.17. The smallest absolute Gasteiger partial charge is 0.252 e. The van der Waals surface area contributed by atoms with Gasteiger partial charge in [-0.1, -0.05) is 13.8 Å². The van der Waals surface area contributed by atoms with E-state index in [-0.39, 0.29) is 11.8 Å². The number of carbonyl (C=O) groups is 2. The number of nitrogens with two attached hydrogens (primary N) is 1. The van der Waals surface area contributed by atoms with E-state index < -0.39 is 11.6 Å². The monoisotopic (exact) mass is 413 g/mol. The van der Waals surface area contributed by atoms with Crippen molar-refractivity contribution < 1.29 is 9.59 Å². The number of dihydropyridines is 1. The standard InChI is InChI=1S/C21H31N7O2/c1-14(2)11-26-21(27-16-5-4-7-23-12-16)6-8-25-20(18(21)19(22)30)28-10-9-24-13-17(28)15(3)29/h4-8,12,14,17,24-27H,9-11,13H2,1-3H3,(H2,22,30). The number of nitrogens with zero attached hydrogens (tertiary/aromatic N) is 2. The molecule has 1 aromatic rings. The van der Waals surface area contributed by atoms with Crippen molar-refractivity contribution in [3.05, 3.63) is 48.2 Å². The summed E-state index contributed by atoms with van der Waals surface area (Å²) in [5.41, 5.74) is 5.95. The maximum Gasteiger partial charge on any atom is 0.252 e. The quantitative estimate of drug-likeness (QED) is 0.381. The van der Waals surface area contributed by atoms with E-state index >= 15 is 0 Å². The molecule has 0 saturated carbocycles. The van der Waals surface area contributed by atoms with Crippen molar-refractivity contribution in [2.24, 2.45) is 11.7 Å². The lowest BCUT2D eigenvalue weighted by Crippen LogP contribution is -2.62. The van der Waals surface area contributed by atoms with Crippen molar-refractivity contribution in [1.29, 1.82) is 0 Å². The van der Waals surface area contributed by atoms with Crippen LogP contribution < -0.4 is 27.0 Å². The molecule has 0 aliphatic carbocycles. The number of hydrogen-bond acceptors (Lipinski definition) is 8. The molecule has 1 aromatic heterocycles. The third-order valence-corrected chi connectivity index (χ3v) is 5.22. The Labute approximate surface area is 177 Å². The third-order valence-electron chi connectivity index (χ3n) is 5.22. The van der Waals surface area contributed by atoms with Crippen molar-refractivity contribution in [2.75, 3.05) is 31.5 Å². The second-order valence-electron chi connectivity index (χ2n) is 8.04. The topological polar surface area (TPSA) is 124 Å². The molecule has 1 saturated heterocycles. The molecule has 2 unspecified atom stereocenters. The first-order valence-electron chi connectivity index (χ1n) is 10.2. The highest BCUT2D eigenvalue weighted by Gasteiger charge is 2.42. The van der Waals surface area contributed by atoms with E-state index in [1.807, 2.05) is 23.1 Å². The van der Waals surface area contributed by atoms with Gasteiger partial charge in [0.15, 0.2) is 5.78 Å². The molecule has 0 aromatic carbocycles. The molecule has 3 heterocycles. The minimum atomic E-state index is -1.05. The number of carbonyl (C=O) groups excluding carboxylic acids is 2. The van der Waals surface area contributed by atoms with Crippen LogP contribution in [0.3, 0.4) is 0 Å². The molecular weight excluding hydrogens is 382 g/mol. The summed E-state index contributed by atoms with van der Waals surface area (Å²) in [5.74, 6) is 0.327. The Hall–Kier alpha value is -2.91. The summed E-state index contributed by atoms with van der Waals surface area (Å²) in [6.07, 6.45) is 7.00. The van der Waals surface area contributed by atoms with Crippen molar-refractivity contribution in [3.8, 4) is 0 Å². The zero-order chi connectivity index (χ0) is 21.7. The molecule has 0 spiro atoms. The van der Waals surface area contributed by atoms with Gasteiger partial charge in [0.2, 0.25) is 0 Å². The van der Waals surface area contributed by atoms with E-state index in [0.717, 1.165) is 5.69 Å². The van der Waals surface area contributed by atoms with Crippen LogP contribution in [-0.2, 0) is 9.59 Å². The van der Waals surface area contributed by atoms with Gasteiger partial charge < -0.3 is 26.6 Å². The Kier molecular flexibility index (Phi) is 6.73. The van der Waals surface area contributed by atoms with Crippen LogP contribution in [0.4, 0.5) is 5.69 Å². The molecule has 2 atom stereocenters. The number of anilines is 1. The van der Waals surface area contributed by atoms with Gasteiger partial charge in [-0.2, -0.15) is 0 Å². The van der Waals surface area contributed by atoms with Crippen LogP contribution in [0.5, 0.6) is 0 Å². The summed E-state index contributed by atoms with van der Waals surface area (Å²) < 4.78 is 0. The molecule has 6 N–H and O–H groups in total. The number of aromatic nitrogens is 1.